The second kappa shape index (κ2) is 7.94. The number of hydrogen-bond donors (Lipinski definition) is 1. The number of likely N-dealkylation sites (N-methyl/N-ethyl adjacent to an activating group) is 1. The van der Waals surface area contributed by atoms with E-state index in [1.165, 1.54) is 0 Å². The first-order chi connectivity index (χ1) is 12.1. The molecule has 0 aliphatic carbocycles. The molecule has 2 aromatic rings. The highest BCUT2D eigenvalue weighted by molar-refractivity contribution is 5.92. The van der Waals surface area contributed by atoms with Gasteiger partial charge in [-0.2, -0.15) is 0 Å². The van der Waals surface area contributed by atoms with Gasteiger partial charge in [-0.15, -0.1) is 0 Å². The average Bonchev–Trinajstić information content (AvgIpc) is 3.13. The smallest absolute Gasteiger partial charge is 0.269 e. The third-order valence-corrected chi connectivity index (χ3v) is 4.39. The van der Waals surface area contributed by atoms with Crippen LogP contribution in [0.3, 0.4) is 0 Å². The van der Waals surface area contributed by atoms with Crippen molar-refractivity contribution in [2.75, 3.05) is 33.2 Å². The number of pyridine rings is 1. The van der Waals surface area contributed by atoms with Gasteiger partial charge in [0.25, 0.3) is 5.91 Å². The van der Waals surface area contributed by atoms with E-state index in [0.717, 1.165) is 13.1 Å². The van der Waals surface area contributed by atoms with Gasteiger partial charge in [-0.05, 0) is 31.3 Å². The van der Waals surface area contributed by atoms with E-state index in [-0.39, 0.29) is 17.9 Å². The molecule has 1 aliphatic rings. The van der Waals surface area contributed by atoms with Crippen LogP contribution in [-0.2, 0) is 11.3 Å². The molecule has 7 heteroatoms. The van der Waals surface area contributed by atoms with E-state index >= 15 is 0 Å². The van der Waals surface area contributed by atoms with Crippen molar-refractivity contribution in [1.29, 1.82) is 0 Å². The summed E-state index contributed by atoms with van der Waals surface area (Å²) < 4.78 is 1.87. The molecule has 25 heavy (non-hydrogen) atoms. The van der Waals surface area contributed by atoms with Gasteiger partial charge in [-0.3, -0.25) is 14.6 Å². The quantitative estimate of drug-likeness (QED) is 0.858. The SMILES string of the molecule is CN1CCN(C(=O)Cn2cccc2)C(CNC(=O)c2ccccn2)C1. The summed E-state index contributed by atoms with van der Waals surface area (Å²) in [5.41, 5.74) is 0.386. The zero-order chi connectivity index (χ0) is 17.6. The minimum absolute atomic E-state index is 0.0468. The molecule has 3 rings (SSSR count). The summed E-state index contributed by atoms with van der Waals surface area (Å²) >= 11 is 0. The van der Waals surface area contributed by atoms with Crippen LogP contribution >= 0.6 is 0 Å². The summed E-state index contributed by atoms with van der Waals surface area (Å²) in [5.74, 6) is -0.145. The van der Waals surface area contributed by atoms with Crippen molar-refractivity contribution < 1.29 is 9.59 Å². The van der Waals surface area contributed by atoms with E-state index in [2.05, 4.69) is 15.2 Å². The fourth-order valence-corrected chi connectivity index (χ4v) is 3.03. The van der Waals surface area contributed by atoms with Gasteiger partial charge in [0.05, 0.1) is 6.04 Å². The second-order valence-corrected chi connectivity index (χ2v) is 6.28. The molecule has 1 atom stereocenters. The van der Waals surface area contributed by atoms with Gasteiger partial charge < -0.3 is 19.7 Å². The van der Waals surface area contributed by atoms with Crippen molar-refractivity contribution in [2.45, 2.75) is 12.6 Å². The standard InChI is InChI=1S/C18H23N5O2/c1-21-10-11-23(17(24)14-22-8-4-5-9-22)15(13-21)12-20-18(25)16-6-2-3-7-19-16/h2-9,15H,10-14H2,1H3,(H,20,25). The third-order valence-electron chi connectivity index (χ3n) is 4.39. The molecule has 1 unspecified atom stereocenters. The van der Waals surface area contributed by atoms with Crippen molar-refractivity contribution in [1.82, 2.24) is 24.7 Å². The summed E-state index contributed by atoms with van der Waals surface area (Å²) in [7, 11) is 2.03. The zero-order valence-corrected chi connectivity index (χ0v) is 14.3. The van der Waals surface area contributed by atoms with E-state index in [9.17, 15) is 9.59 Å². The first kappa shape index (κ1) is 17.2. The molecule has 1 N–H and O–H groups in total. The summed E-state index contributed by atoms with van der Waals surface area (Å²) in [4.78, 5) is 33.0. The van der Waals surface area contributed by atoms with E-state index in [0.29, 0.717) is 25.3 Å². The number of carbonyl (C=O) groups excluding carboxylic acids is 2. The Bertz CT molecular complexity index is 702. The lowest BCUT2D eigenvalue weighted by atomic mass is 10.1. The molecular weight excluding hydrogens is 318 g/mol. The summed E-state index contributed by atoms with van der Waals surface area (Å²) in [5, 5.41) is 2.90. The molecule has 1 fully saturated rings. The van der Waals surface area contributed by atoms with Crippen LogP contribution in [0.5, 0.6) is 0 Å². The van der Waals surface area contributed by atoms with Crippen molar-refractivity contribution in [3.63, 3.8) is 0 Å². The van der Waals surface area contributed by atoms with Crippen LogP contribution in [0.2, 0.25) is 0 Å². The van der Waals surface area contributed by atoms with E-state index < -0.39 is 0 Å². The molecule has 0 radical (unpaired) electrons. The number of amides is 2. The Labute approximate surface area is 147 Å². The molecule has 2 amide bonds. The summed E-state index contributed by atoms with van der Waals surface area (Å²) in [6.45, 7) is 2.97. The molecule has 0 bridgehead atoms. The number of aromatic nitrogens is 2. The molecule has 132 valence electrons. The number of nitrogens with one attached hydrogen (secondary N) is 1. The van der Waals surface area contributed by atoms with E-state index in [4.69, 9.17) is 0 Å². The van der Waals surface area contributed by atoms with Crippen LogP contribution in [-0.4, -0.2) is 70.4 Å². The van der Waals surface area contributed by atoms with Crippen molar-refractivity contribution in [2.24, 2.45) is 0 Å². The molecule has 0 aromatic carbocycles. The third kappa shape index (κ3) is 4.45. The topological polar surface area (TPSA) is 70.5 Å². The molecule has 7 nitrogen and oxygen atoms in total. The average molecular weight is 341 g/mol. The number of rotatable bonds is 5. The monoisotopic (exact) mass is 341 g/mol. The zero-order valence-electron chi connectivity index (χ0n) is 14.3. The minimum atomic E-state index is -0.216. The largest absolute Gasteiger partial charge is 0.349 e. The Kier molecular flexibility index (Phi) is 5.45. The van der Waals surface area contributed by atoms with Gasteiger partial charge in [0.2, 0.25) is 5.91 Å². The molecule has 0 saturated carbocycles. The fraction of sp³-hybridized carbons (Fsp3) is 0.389. The van der Waals surface area contributed by atoms with Gasteiger partial charge in [-0.25, -0.2) is 0 Å². The van der Waals surface area contributed by atoms with Gasteiger partial charge in [0.15, 0.2) is 0 Å². The number of piperazine rings is 1. The van der Waals surface area contributed by atoms with Crippen molar-refractivity contribution in [3.8, 4) is 0 Å². The Morgan fingerprint density at radius 1 is 1.20 bits per heavy atom. The highest BCUT2D eigenvalue weighted by atomic mass is 16.2. The van der Waals surface area contributed by atoms with Crippen LogP contribution in [0.15, 0.2) is 48.9 Å². The molecule has 1 aliphatic heterocycles. The maximum Gasteiger partial charge on any atom is 0.269 e. The lowest BCUT2D eigenvalue weighted by Crippen LogP contribution is -2.58. The van der Waals surface area contributed by atoms with Gasteiger partial charge in [-0.1, -0.05) is 6.07 Å². The molecule has 3 heterocycles. The number of hydrogen-bond acceptors (Lipinski definition) is 4. The van der Waals surface area contributed by atoms with Gasteiger partial charge in [0.1, 0.15) is 12.2 Å². The fourth-order valence-electron chi connectivity index (χ4n) is 3.03. The number of carbonyl (C=O) groups is 2. The maximum atomic E-state index is 12.7. The first-order valence-corrected chi connectivity index (χ1v) is 8.41. The molecular formula is C18H23N5O2. The van der Waals surface area contributed by atoms with Crippen molar-refractivity contribution in [3.05, 3.63) is 54.6 Å². The Hall–Kier alpha value is -2.67. The highest BCUT2D eigenvalue weighted by Gasteiger charge is 2.29. The summed E-state index contributed by atoms with van der Waals surface area (Å²) in [6.07, 6.45) is 5.36. The van der Waals surface area contributed by atoms with Gasteiger partial charge >= 0.3 is 0 Å². The Morgan fingerprint density at radius 2 is 2.00 bits per heavy atom. The Balaban J connectivity index is 1.61. The summed E-state index contributed by atoms with van der Waals surface area (Å²) in [6, 6.07) is 8.99. The van der Waals surface area contributed by atoms with E-state index in [1.807, 2.05) is 41.0 Å². The predicted octanol–water partition coefficient (Wildman–Crippen LogP) is 0.456. The molecule has 0 spiro atoms. The van der Waals surface area contributed by atoms with Crippen LogP contribution < -0.4 is 5.32 Å². The van der Waals surface area contributed by atoms with Gasteiger partial charge in [0, 0.05) is 44.8 Å². The Morgan fingerprint density at radius 3 is 2.72 bits per heavy atom. The molecule has 1 saturated heterocycles. The predicted molar refractivity (Wildman–Crippen MR) is 94.0 cm³/mol. The van der Waals surface area contributed by atoms with Crippen LogP contribution in [0, 0.1) is 0 Å². The molecule has 2 aromatic heterocycles. The van der Waals surface area contributed by atoms with Crippen LogP contribution in [0.4, 0.5) is 0 Å². The highest BCUT2D eigenvalue weighted by Crippen LogP contribution is 2.10. The first-order valence-electron chi connectivity index (χ1n) is 8.41. The normalized spacial score (nSPS) is 18.1. The lowest BCUT2D eigenvalue weighted by molar-refractivity contribution is -0.136. The maximum absolute atomic E-state index is 12.7. The van der Waals surface area contributed by atoms with Crippen LogP contribution in [0.1, 0.15) is 10.5 Å². The van der Waals surface area contributed by atoms with Crippen LogP contribution in [0.25, 0.3) is 0 Å². The lowest BCUT2D eigenvalue weighted by Gasteiger charge is -2.40. The number of nitrogens with zero attached hydrogens (tertiary/aromatic N) is 4. The van der Waals surface area contributed by atoms with E-state index in [1.54, 1.807) is 24.4 Å². The minimum Gasteiger partial charge on any atom is -0.349 e. The second-order valence-electron chi connectivity index (χ2n) is 6.28. The van der Waals surface area contributed by atoms with Crippen molar-refractivity contribution >= 4 is 11.8 Å².